The van der Waals surface area contributed by atoms with Gasteiger partial charge in [0.15, 0.2) is 7.14 Å². The summed E-state index contributed by atoms with van der Waals surface area (Å²) in [5, 5.41) is 0. The quantitative estimate of drug-likeness (QED) is 0.0289. The van der Waals surface area contributed by atoms with Crippen LogP contribution in [0.3, 0.4) is 0 Å². The third-order valence-electron chi connectivity index (χ3n) is 10.4. The van der Waals surface area contributed by atoms with E-state index in [9.17, 15) is 20.8 Å². The van der Waals surface area contributed by atoms with Crippen molar-refractivity contribution in [2.24, 2.45) is 0 Å². The van der Waals surface area contributed by atoms with Gasteiger partial charge in [-0.2, -0.15) is 0 Å². The molecular formula is C48H82AsF6IO2. The number of hydrogen-bond acceptors (Lipinski definition) is 2. The van der Waals surface area contributed by atoms with Gasteiger partial charge in [-0.05, 0) is 61.4 Å². The molecule has 340 valence electrons. The van der Waals surface area contributed by atoms with E-state index in [1.54, 1.807) is 0 Å². The van der Waals surface area contributed by atoms with Crippen LogP contribution in [0, 0.1) is 7.14 Å². The average Bonchev–Trinajstić information content (AvgIpc) is 3.17. The van der Waals surface area contributed by atoms with E-state index in [1.165, 1.54) is 213 Å². The van der Waals surface area contributed by atoms with Crippen LogP contribution in [0.15, 0.2) is 48.5 Å². The van der Waals surface area contributed by atoms with E-state index in [0.717, 1.165) is 24.7 Å². The third-order valence-corrected chi connectivity index (χ3v) is 13.1. The summed E-state index contributed by atoms with van der Waals surface area (Å²) >= 11 is -11.2. The van der Waals surface area contributed by atoms with Gasteiger partial charge in [0.2, 0.25) is 0 Å². The molecule has 0 saturated carbocycles. The first-order valence-corrected chi connectivity index (χ1v) is 29.8. The summed E-state index contributed by atoms with van der Waals surface area (Å²) in [7, 11) is 0. The zero-order valence-electron chi connectivity index (χ0n) is 36.6. The second-order valence-corrected chi connectivity index (χ2v) is 23.3. The molecule has 0 atom stereocenters. The first kappa shape index (κ1) is 54.9. The van der Waals surface area contributed by atoms with Crippen molar-refractivity contribution in [1.29, 1.82) is 0 Å². The van der Waals surface area contributed by atoms with Crippen molar-refractivity contribution in [2.45, 2.75) is 219 Å². The molecule has 0 spiro atoms. The van der Waals surface area contributed by atoms with E-state index >= 15 is 0 Å². The van der Waals surface area contributed by atoms with E-state index in [4.69, 9.17) is 9.47 Å². The molecule has 0 aliphatic rings. The number of unbranched alkanes of at least 4 members (excludes halogenated alkanes) is 30. The van der Waals surface area contributed by atoms with Crippen molar-refractivity contribution in [2.75, 3.05) is 13.2 Å². The summed E-state index contributed by atoms with van der Waals surface area (Å²) in [5.74, 6) is 2.03. The number of benzene rings is 2. The Balaban J connectivity index is 0.00000219. The molecule has 0 amide bonds. The van der Waals surface area contributed by atoms with Gasteiger partial charge in [-0.15, -0.1) is 0 Å². The molecule has 0 saturated heterocycles. The van der Waals surface area contributed by atoms with Gasteiger partial charge in [0.1, 0.15) is 11.5 Å². The molecule has 0 fully saturated rings. The van der Waals surface area contributed by atoms with Crippen LogP contribution in [0.25, 0.3) is 0 Å². The minimum atomic E-state index is -11.1. The van der Waals surface area contributed by atoms with Crippen molar-refractivity contribution in [3.05, 3.63) is 55.7 Å². The van der Waals surface area contributed by atoms with E-state index < -0.39 is 14.2 Å². The Kier molecular flexibility index (Phi) is 31.7. The monoisotopic (exact) mass is 1010 g/mol. The fourth-order valence-corrected chi connectivity index (χ4v) is 9.15. The zero-order valence-corrected chi connectivity index (χ0v) is 40.6. The van der Waals surface area contributed by atoms with Gasteiger partial charge in [0.05, 0.1) is 13.2 Å². The van der Waals surface area contributed by atoms with Crippen molar-refractivity contribution in [3.8, 4) is 11.5 Å². The topological polar surface area (TPSA) is 18.5 Å². The molecular weight excluding hydrogens is 924 g/mol. The summed E-state index contributed by atoms with van der Waals surface area (Å²) in [6, 6.07) is 17.7. The summed E-state index contributed by atoms with van der Waals surface area (Å²) in [6.07, 6.45) is 44.9. The van der Waals surface area contributed by atoms with Gasteiger partial charge >= 0.3 is 56.2 Å². The maximum atomic E-state index is 9.91. The maximum absolute atomic E-state index is 11.1. The SMILES string of the molecule is CCCCCCCCCCCCCCCCCCOc1ccc([I+]c2ccc(OCCCCCCCCCCCCCCCCCC)cc2)cc1.F[As-](F)(F)(F)(F)F. The second kappa shape index (κ2) is 33.5. The van der Waals surface area contributed by atoms with Crippen LogP contribution in [0.5, 0.6) is 11.5 Å². The molecule has 0 N–H and O–H groups in total. The van der Waals surface area contributed by atoms with Crippen LogP contribution in [-0.2, 0) is 0 Å². The molecule has 2 nitrogen and oxygen atoms in total. The van der Waals surface area contributed by atoms with Crippen LogP contribution in [0.2, 0.25) is 0 Å². The molecule has 2 rings (SSSR count). The van der Waals surface area contributed by atoms with Crippen LogP contribution >= 0.6 is 0 Å². The van der Waals surface area contributed by atoms with Gasteiger partial charge in [-0.3, -0.25) is 0 Å². The third kappa shape index (κ3) is 43.0. The first-order valence-electron chi connectivity index (χ1n) is 23.4. The van der Waals surface area contributed by atoms with Crippen LogP contribution < -0.4 is 30.7 Å². The molecule has 2 aromatic rings. The van der Waals surface area contributed by atoms with E-state index in [2.05, 4.69) is 62.4 Å². The molecule has 0 heterocycles. The van der Waals surface area contributed by atoms with Gasteiger partial charge in [-0.1, -0.05) is 206 Å². The average molecular weight is 1010 g/mol. The van der Waals surface area contributed by atoms with Crippen molar-refractivity contribution in [1.82, 2.24) is 0 Å². The number of rotatable bonds is 38. The Morgan fingerprint density at radius 1 is 0.328 bits per heavy atom. The molecule has 0 bridgehead atoms. The number of ether oxygens (including phenoxy) is 2. The molecule has 0 aliphatic heterocycles. The second-order valence-electron chi connectivity index (χ2n) is 16.3. The predicted octanol–water partition coefficient (Wildman–Crippen LogP) is 15.2. The van der Waals surface area contributed by atoms with E-state index in [-0.39, 0.29) is 21.2 Å². The van der Waals surface area contributed by atoms with Crippen molar-refractivity contribution < 1.29 is 51.5 Å². The Bertz CT molecular complexity index is 1110. The van der Waals surface area contributed by atoms with E-state index in [0.29, 0.717) is 0 Å². The minimum absolute atomic E-state index is 0.181. The summed E-state index contributed by atoms with van der Waals surface area (Å²) in [6.45, 7) is 6.28. The molecule has 0 radical (unpaired) electrons. The van der Waals surface area contributed by atoms with Gasteiger partial charge in [0, 0.05) is 0 Å². The summed E-state index contributed by atoms with van der Waals surface area (Å²) < 4.78 is 74.4. The fraction of sp³-hybridized carbons (Fsp3) is 0.750. The Labute approximate surface area is 363 Å². The van der Waals surface area contributed by atoms with Gasteiger partial charge < -0.3 is 9.47 Å². The molecule has 2 aromatic carbocycles. The van der Waals surface area contributed by atoms with Crippen molar-refractivity contribution in [3.63, 3.8) is 0 Å². The molecule has 0 aliphatic carbocycles. The molecule has 58 heavy (non-hydrogen) atoms. The van der Waals surface area contributed by atoms with Crippen LogP contribution in [0.1, 0.15) is 219 Å². The molecule has 0 aromatic heterocycles. The predicted molar refractivity (Wildman–Crippen MR) is 233 cm³/mol. The number of hydrogen-bond donors (Lipinski definition) is 0. The fourth-order valence-electron chi connectivity index (χ4n) is 6.99. The Hall–Kier alpha value is -1.09. The zero-order chi connectivity index (χ0) is 42.5. The van der Waals surface area contributed by atoms with Gasteiger partial charge in [-0.25, -0.2) is 0 Å². The molecule has 10 heteroatoms. The Morgan fingerprint density at radius 2 is 0.517 bits per heavy atom. The standard InChI is InChI=1S/C48H82IO2.AsF6/c1-3-5-7-9-11-13-15-17-19-21-23-25-27-29-31-33-43-50-47-39-35-45(36-40-47)49-46-37-41-48(42-38-46)51-44-34-32-30-28-26-24-22-20-18-16-14-12-10-8-6-4-2;2-1(3,4,5,6)7/h35-42H,3-34,43-44H2,1-2H3;/q+1;-1. The van der Waals surface area contributed by atoms with Crippen LogP contribution in [0.4, 0.5) is 20.8 Å². The van der Waals surface area contributed by atoms with E-state index in [1.807, 2.05) is 0 Å². The summed E-state index contributed by atoms with van der Waals surface area (Å²) in [4.78, 5) is 0. The summed E-state index contributed by atoms with van der Waals surface area (Å²) in [5.41, 5.74) is 0. The van der Waals surface area contributed by atoms with Crippen LogP contribution in [-0.4, -0.2) is 27.4 Å². The first-order chi connectivity index (χ1) is 27.8. The normalized spacial score (nSPS) is 12.8. The van der Waals surface area contributed by atoms with Gasteiger partial charge in [0.25, 0.3) is 0 Å². The van der Waals surface area contributed by atoms with Crippen molar-refractivity contribution >= 4 is 14.2 Å². The number of halogens is 7. The Morgan fingerprint density at radius 3 is 0.724 bits per heavy atom. The molecule has 0 unspecified atom stereocenters.